The zero-order valence-corrected chi connectivity index (χ0v) is 14.2. The first-order valence-electron chi connectivity index (χ1n) is 7.79. The molecule has 1 aromatic rings. The molecule has 0 spiro atoms. The molecule has 0 saturated carbocycles. The lowest BCUT2D eigenvalue weighted by molar-refractivity contribution is 0.529. The first-order valence-corrected chi connectivity index (χ1v) is 9.44. The Morgan fingerprint density at radius 3 is 2.38 bits per heavy atom. The third-order valence-electron chi connectivity index (χ3n) is 3.44. The van der Waals surface area contributed by atoms with Gasteiger partial charge >= 0.3 is 0 Å². The minimum absolute atomic E-state index is 0.0319. The summed E-state index contributed by atoms with van der Waals surface area (Å²) in [5, 5.41) is 3.33. The largest absolute Gasteiger partial charge is 0.313 e. The Morgan fingerprint density at radius 1 is 1.10 bits per heavy atom. The van der Waals surface area contributed by atoms with Crippen LogP contribution in [0.15, 0.2) is 24.3 Å². The maximum Gasteiger partial charge on any atom is 0.216 e. The predicted molar refractivity (Wildman–Crippen MR) is 88.6 cm³/mol. The lowest BCUT2D eigenvalue weighted by atomic mass is 10.1. The Morgan fingerprint density at radius 2 is 1.76 bits per heavy atom. The Labute approximate surface area is 129 Å². The van der Waals surface area contributed by atoms with Crippen LogP contribution in [0.1, 0.15) is 51.2 Å². The van der Waals surface area contributed by atoms with Crippen LogP contribution in [-0.2, 0) is 22.3 Å². The van der Waals surface area contributed by atoms with Crippen LogP contribution in [0, 0.1) is 0 Å². The molecule has 0 aromatic heterocycles. The monoisotopic (exact) mass is 312 g/mol. The summed E-state index contributed by atoms with van der Waals surface area (Å²) in [6.45, 7) is 7.87. The molecule has 0 bridgehead atoms. The smallest absolute Gasteiger partial charge is 0.216 e. The lowest BCUT2D eigenvalue weighted by Gasteiger charge is -2.15. The summed E-state index contributed by atoms with van der Waals surface area (Å²) in [4.78, 5) is 0. The van der Waals surface area contributed by atoms with Crippen LogP contribution in [-0.4, -0.2) is 21.0 Å². The molecule has 0 unspecified atom stereocenters. The molecule has 1 rings (SSSR count). The highest BCUT2D eigenvalue weighted by Gasteiger charge is 2.16. The van der Waals surface area contributed by atoms with Crippen LogP contribution >= 0.6 is 0 Å². The van der Waals surface area contributed by atoms with Crippen molar-refractivity contribution >= 4 is 10.0 Å². The molecule has 0 aliphatic heterocycles. The molecule has 4 nitrogen and oxygen atoms in total. The van der Waals surface area contributed by atoms with E-state index < -0.39 is 10.0 Å². The van der Waals surface area contributed by atoms with Crippen LogP contribution in [0.4, 0.5) is 0 Å². The molecular weight excluding hydrogens is 284 g/mol. The standard InChI is InChI=1S/C16H28N2O2S/c1-4-10-17-12-14-8-7-9-15(11-14)13-21(19,20)18-16(5-2)6-3/h7-9,11,16-18H,4-6,10,12-13H2,1-3H3. The Bertz CT molecular complexity index is 511. The Kier molecular flexibility index (Phi) is 7.93. The van der Waals surface area contributed by atoms with Crippen molar-refractivity contribution in [3.05, 3.63) is 35.4 Å². The fourth-order valence-electron chi connectivity index (χ4n) is 2.21. The van der Waals surface area contributed by atoms with Gasteiger partial charge in [0.25, 0.3) is 0 Å². The highest BCUT2D eigenvalue weighted by atomic mass is 32.2. The zero-order chi connectivity index (χ0) is 15.7. The van der Waals surface area contributed by atoms with E-state index in [0.29, 0.717) is 0 Å². The summed E-state index contributed by atoms with van der Waals surface area (Å²) in [6, 6.07) is 7.81. The lowest BCUT2D eigenvalue weighted by Crippen LogP contribution is -2.34. The van der Waals surface area contributed by atoms with E-state index in [4.69, 9.17) is 0 Å². The second-order valence-electron chi connectivity index (χ2n) is 5.39. The quantitative estimate of drug-likeness (QED) is 0.653. The van der Waals surface area contributed by atoms with Gasteiger partial charge in [0.15, 0.2) is 0 Å². The van der Waals surface area contributed by atoms with Gasteiger partial charge in [-0.25, -0.2) is 13.1 Å². The second kappa shape index (κ2) is 9.18. The van der Waals surface area contributed by atoms with E-state index in [9.17, 15) is 8.42 Å². The van der Waals surface area contributed by atoms with Crippen molar-refractivity contribution in [3.63, 3.8) is 0 Å². The molecule has 0 saturated heterocycles. The molecule has 0 heterocycles. The number of hydrogen-bond donors (Lipinski definition) is 2. The maximum atomic E-state index is 12.2. The molecule has 0 amide bonds. The van der Waals surface area contributed by atoms with Gasteiger partial charge in [0, 0.05) is 12.6 Å². The SMILES string of the molecule is CCCNCc1cccc(CS(=O)(=O)NC(CC)CC)c1. The minimum atomic E-state index is -3.27. The second-order valence-corrected chi connectivity index (χ2v) is 7.14. The summed E-state index contributed by atoms with van der Waals surface area (Å²) in [5.74, 6) is 0.0467. The molecule has 120 valence electrons. The van der Waals surface area contributed by atoms with Crippen LogP contribution in [0.2, 0.25) is 0 Å². The zero-order valence-electron chi connectivity index (χ0n) is 13.4. The highest BCUT2D eigenvalue weighted by Crippen LogP contribution is 2.10. The van der Waals surface area contributed by atoms with E-state index >= 15 is 0 Å². The van der Waals surface area contributed by atoms with Crippen molar-refractivity contribution in [2.24, 2.45) is 0 Å². The summed E-state index contributed by atoms with van der Waals surface area (Å²) >= 11 is 0. The minimum Gasteiger partial charge on any atom is -0.313 e. The maximum absolute atomic E-state index is 12.2. The van der Waals surface area contributed by atoms with Gasteiger partial charge in [0.1, 0.15) is 0 Å². The van der Waals surface area contributed by atoms with E-state index in [1.165, 1.54) is 0 Å². The molecule has 0 atom stereocenters. The fourth-order valence-corrected chi connectivity index (χ4v) is 3.75. The summed E-state index contributed by atoms with van der Waals surface area (Å²) in [7, 11) is -3.27. The van der Waals surface area contributed by atoms with Crippen molar-refractivity contribution in [3.8, 4) is 0 Å². The molecule has 0 aliphatic rings. The number of hydrogen-bond acceptors (Lipinski definition) is 3. The molecule has 1 aromatic carbocycles. The van der Waals surface area contributed by atoms with Gasteiger partial charge in [0.05, 0.1) is 5.75 Å². The van der Waals surface area contributed by atoms with Gasteiger partial charge in [-0.3, -0.25) is 0 Å². The third-order valence-corrected chi connectivity index (χ3v) is 4.84. The molecule has 0 radical (unpaired) electrons. The Hall–Kier alpha value is -0.910. The van der Waals surface area contributed by atoms with E-state index in [1.807, 2.05) is 38.1 Å². The van der Waals surface area contributed by atoms with Crippen molar-refractivity contribution in [1.29, 1.82) is 0 Å². The summed E-state index contributed by atoms with van der Waals surface area (Å²) < 4.78 is 27.1. The summed E-state index contributed by atoms with van der Waals surface area (Å²) in [5.41, 5.74) is 1.96. The molecular formula is C16H28N2O2S. The third kappa shape index (κ3) is 7.07. The normalized spacial score (nSPS) is 12.0. The van der Waals surface area contributed by atoms with Crippen LogP contribution in [0.3, 0.4) is 0 Å². The van der Waals surface area contributed by atoms with Crippen molar-refractivity contribution in [1.82, 2.24) is 10.0 Å². The van der Waals surface area contributed by atoms with Crippen LogP contribution in [0.25, 0.3) is 0 Å². The number of benzene rings is 1. The molecule has 5 heteroatoms. The van der Waals surface area contributed by atoms with Crippen molar-refractivity contribution < 1.29 is 8.42 Å². The van der Waals surface area contributed by atoms with Gasteiger partial charge in [-0.05, 0) is 36.9 Å². The number of sulfonamides is 1. The van der Waals surface area contributed by atoms with Crippen molar-refractivity contribution in [2.75, 3.05) is 6.54 Å². The van der Waals surface area contributed by atoms with Gasteiger partial charge in [0.2, 0.25) is 10.0 Å². The topological polar surface area (TPSA) is 58.2 Å². The average Bonchev–Trinajstić information content (AvgIpc) is 2.45. The fraction of sp³-hybridized carbons (Fsp3) is 0.625. The van der Waals surface area contributed by atoms with Gasteiger partial charge in [-0.1, -0.05) is 45.0 Å². The molecule has 0 aliphatic carbocycles. The molecule has 21 heavy (non-hydrogen) atoms. The first kappa shape index (κ1) is 18.1. The van der Waals surface area contributed by atoms with Crippen molar-refractivity contribution in [2.45, 2.75) is 58.4 Å². The van der Waals surface area contributed by atoms with E-state index in [2.05, 4.69) is 17.0 Å². The van der Waals surface area contributed by atoms with Crippen LogP contribution < -0.4 is 10.0 Å². The van der Waals surface area contributed by atoms with Crippen LogP contribution in [0.5, 0.6) is 0 Å². The van der Waals surface area contributed by atoms with E-state index in [0.717, 1.165) is 43.5 Å². The van der Waals surface area contributed by atoms with Gasteiger partial charge in [-0.15, -0.1) is 0 Å². The van der Waals surface area contributed by atoms with E-state index in [-0.39, 0.29) is 11.8 Å². The molecule has 0 fully saturated rings. The summed E-state index contributed by atoms with van der Waals surface area (Å²) in [6.07, 6.45) is 2.72. The first-order chi connectivity index (χ1) is 10.0. The number of nitrogens with one attached hydrogen (secondary N) is 2. The van der Waals surface area contributed by atoms with Gasteiger partial charge in [-0.2, -0.15) is 0 Å². The Balaban J connectivity index is 2.67. The van der Waals surface area contributed by atoms with Gasteiger partial charge < -0.3 is 5.32 Å². The average molecular weight is 312 g/mol. The van der Waals surface area contributed by atoms with E-state index in [1.54, 1.807) is 0 Å². The molecule has 2 N–H and O–H groups in total. The number of rotatable bonds is 10. The highest BCUT2D eigenvalue weighted by molar-refractivity contribution is 7.88. The predicted octanol–water partition coefficient (Wildman–Crippen LogP) is 2.79.